The zero-order valence-electron chi connectivity index (χ0n) is 13.2. The Morgan fingerprint density at radius 1 is 1.25 bits per heavy atom. The van der Waals surface area contributed by atoms with Crippen LogP contribution in [-0.4, -0.2) is 54.5 Å². The summed E-state index contributed by atoms with van der Waals surface area (Å²) in [5.41, 5.74) is 6.25. The first-order valence-corrected chi connectivity index (χ1v) is 8.41. The molecule has 0 aromatic heterocycles. The monoisotopic (exact) mass is 281 g/mol. The molecule has 2 N–H and O–H groups in total. The van der Waals surface area contributed by atoms with Gasteiger partial charge < -0.3 is 15.5 Å². The van der Waals surface area contributed by atoms with Gasteiger partial charge in [-0.05, 0) is 51.5 Å². The molecule has 4 heteroatoms. The molecule has 0 bridgehead atoms. The van der Waals surface area contributed by atoms with Gasteiger partial charge in [-0.3, -0.25) is 4.79 Å². The van der Waals surface area contributed by atoms with Crippen molar-refractivity contribution in [3.8, 4) is 0 Å². The first-order valence-electron chi connectivity index (χ1n) is 8.41. The minimum absolute atomic E-state index is 0.309. The van der Waals surface area contributed by atoms with Crippen molar-refractivity contribution in [2.45, 2.75) is 52.0 Å². The Bertz CT molecular complexity index is 317. The Kier molecular flexibility index (Phi) is 5.85. The van der Waals surface area contributed by atoms with Crippen LogP contribution in [0.5, 0.6) is 0 Å². The van der Waals surface area contributed by atoms with Crippen LogP contribution in [0.3, 0.4) is 0 Å². The number of amides is 1. The fraction of sp³-hybridized carbons (Fsp3) is 0.938. The second kappa shape index (κ2) is 7.41. The predicted molar refractivity (Wildman–Crippen MR) is 82.4 cm³/mol. The van der Waals surface area contributed by atoms with Gasteiger partial charge in [-0.15, -0.1) is 0 Å². The normalized spacial score (nSPS) is 30.2. The number of nitrogens with zero attached hydrogens (tertiary/aromatic N) is 2. The second-order valence-corrected chi connectivity index (χ2v) is 6.45. The molecule has 2 aliphatic rings. The van der Waals surface area contributed by atoms with E-state index in [0.717, 1.165) is 38.5 Å². The van der Waals surface area contributed by atoms with Crippen LogP contribution in [0.4, 0.5) is 0 Å². The van der Waals surface area contributed by atoms with Crippen LogP contribution in [-0.2, 0) is 4.79 Å². The van der Waals surface area contributed by atoms with E-state index in [1.165, 1.54) is 25.8 Å². The lowest BCUT2D eigenvalue weighted by molar-refractivity contribution is -0.130. The number of fused-ring (bicyclic) bond motifs is 1. The number of hydrogen-bond acceptors (Lipinski definition) is 3. The van der Waals surface area contributed by atoms with E-state index in [4.69, 9.17) is 5.73 Å². The van der Waals surface area contributed by atoms with E-state index < -0.39 is 0 Å². The Hall–Kier alpha value is -0.610. The molecule has 2 rings (SSSR count). The van der Waals surface area contributed by atoms with E-state index in [2.05, 4.69) is 4.90 Å². The van der Waals surface area contributed by atoms with Crippen molar-refractivity contribution in [3.05, 3.63) is 0 Å². The molecule has 1 amide bonds. The molecule has 3 atom stereocenters. The third-order valence-electron chi connectivity index (χ3n) is 5.21. The fourth-order valence-electron chi connectivity index (χ4n) is 3.98. The Labute approximate surface area is 123 Å². The van der Waals surface area contributed by atoms with E-state index >= 15 is 0 Å². The summed E-state index contributed by atoms with van der Waals surface area (Å²) in [5, 5.41) is 0. The maximum absolute atomic E-state index is 12.0. The molecule has 1 heterocycles. The lowest BCUT2D eigenvalue weighted by Gasteiger charge is -2.29. The molecule has 0 spiro atoms. The van der Waals surface area contributed by atoms with Crippen LogP contribution >= 0.6 is 0 Å². The van der Waals surface area contributed by atoms with Gasteiger partial charge in [0.15, 0.2) is 0 Å². The topological polar surface area (TPSA) is 49.6 Å². The number of rotatable bonds is 6. The number of carbonyl (C=O) groups is 1. The standard InChI is InChI=1S/C16H31N3O/c1-3-19(4-2)16(20)9-6-10-18-11-13-7-5-8-15(17)14(13)12-18/h13-15H,3-12,17H2,1-2H3. The van der Waals surface area contributed by atoms with Crippen LogP contribution < -0.4 is 5.73 Å². The van der Waals surface area contributed by atoms with Crippen molar-refractivity contribution >= 4 is 5.91 Å². The Balaban J connectivity index is 1.69. The highest BCUT2D eigenvalue weighted by Gasteiger charge is 2.38. The molecule has 20 heavy (non-hydrogen) atoms. The SMILES string of the molecule is CCN(CC)C(=O)CCCN1CC2CCCC(N)C2C1. The summed E-state index contributed by atoms with van der Waals surface area (Å²) in [6, 6.07) is 0.413. The Morgan fingerprint density at radius 3 is 2.65 bits per heavy atom. The Morgan fingerprint density at radius 2 is 2.00 bits per heavy atom. The number of likely N-dealkylation sites (tertiary alicyclic amines) is 1. The molecule has 3 unspecified atom stereocenters. The lowest BCUT2D eigenvalue weighted by Crippen LogP contribution is -2.38. The summed E-state index contributed by atoms with van der Waals surface area (Å²) in [7, 11) is 0. The third-order valence-corrected chi connectivity index (χ3v) is 5.21. The highest BCUT2D eigenvalue weighted by molar-refractivity contribution is 5.76. The first kappa shape index (κ1) is 15.8. The van der Waals surface area contributed by atoms with Gasteiger partial charge >= 0.3 is 0 Å². The molecule has 1 saturated heterocycles. The van der Waals surface area contributed by atoms with E-state index in [1.54, 1.807) is 0 Å². The highest BCUT2D eigenvalue weighted by Crippen LogP contribution is 2.35. The molecule has 1 aliphatic carbocycles. The van der Waals surface area contributed by atoms with Crippen LogP contribution in [0.1, 0.15) is 46.0 Å². The number of carbonyl (C=O) groups excluding carboxylic acids is 1. The average molecular weight is 281 g/mol. The van der Waals surface area contributed by atoms with Gasteiger partial charge in [-0.2, -0.15) is 0 Å². The van der Waals surface area contributed by atoms with Crippen LogP contribution in [0, 0.1) is 11.8 Å². The van der Waals surface area contributed by atoms with Crippen molar-refractivity contribution in [1.82, 2.24) is 9.80 Å². The zero-order chi connectivity index (χ0) is 14.5. The van der Waals surface area contributed by atoms with Crippen molar-refractivity contribution < 1.29 is 4.79 Å². The van der Waals surface area contributed by atoms with Gasteiger partial charge in [0.2, 0.25) is 5.91 Å². The molecule has 116 valence electrons. The summed E-state index contributed by atoms with van der Waals surface area (Å²) in [6.45, 7) is 9.19. The minimum atomic E-state index is 0.309. The van der Waals surface area contributed by atoms with Crippen molar-refractivity contribution in [2.24, 2.45) is 17.6 Å². The lowest BCUT2D eigenvalue weighted by atomic mass is 9.78. The van der Waals surface area contributed by atoms with E-state index in [0.29, 0.717) is 24.3 Å². The van der Waals surface area contributed by atoms with E-state index in [9.17, 15) is 4.79 Å². The summed E-state index contributed by atoms with van der Waals surface area (Å²) in [6.07, 6.45) is 5.54. The molecule has 0 radical (unpaired) electrons. The molecule has 1 saturated carbocycles. The van der Waals surface area contributed by atoms with Crippen molar-refractivity contribution in [3.63, 3.8) is 0 Å². The third kappa shape index (κ3) is 3.73. The fourth-order valence-corrected chi connectivity index (χ4v) is 3.98. The van der Waals surface area contributed by atoms with Crippen LogP contribution in [0.15, 0.2) is 0 Å². The smallest absolute Gasteiger partial charge is 0.222 e. The van der Waals surface area contributed by atoms with Gasteiger partial charge in [0.1, 0.15) is 0 Å². The van der Waals surface area contributed by atoms with E-state index in [1.807, 2.05) is 18.7 Å². The highest BCUT2D eigenvalue weighted by atomic mass is 16.2. The largest absolute Gasteiger partial charge is 0.343 e. The predicted octanol–water partition coefficient (Wildman–Crippen LogP) is 1.69. The van der Waals surface area contributed by atoms with Crippen LogP contribution in [0.25, 0.3) is 0 Å². The molecular formula is C16H31N3O. The first-order chi connectivity index (χ1) is 9.65. The molecular weight excluding hydrogens is 250 g/mol. The van der Waals surface area contributed by atoms with Crippen molar-refractivity contribution in [2.75, 3.05) is 32.7 Å². The van der Waals surface area contributed by atoms with E-state index in [-0.39, 0.29) is 0 Å². The second-order valence-electron chi connectivity index (χ2n) is 6.45. The van der Waals surface area contributed by atoms with Gasteiger partial charge in [0, 0.05) is 38.6 Å². The zero-order valence-corrected chi connectivity index (χ0v) is 13.2. The number of nitrogens with two attached hydrogens (primary N) is 1. The summed E-state index contributed by atoms with van der Waals surface area (Å²) in [4.78, 5) is 16.4. The summed E-state index contributed by atoms with van der Waals surface area (Å²) >= 11 is 0. The molecule has 1 aliphatic heterocycles. The van der Waals surface area contributed by atoms with Crippen LogP contribution in [0.2, 0.25) is 0 Å². The maximum atomic E-state index is 12.0. The van der Waals surface area contributed by atoms with Gasteiger partial charge in [0.25, 0.3) is 0 Å². The van der Waals surface area contributed by atoms with Gasteiger partial charge in [0.05, 0.1) is 0 Å². The molecule has 0 aromatic rings. The average Bonchev–Trinajstić information content (AvgIpc) is 2.84. The van der Waals surface area contributed by atoms with Gasteiger partial charge in [-0.25, -0.2) is 0 Å². The van der Waals surface area contributed by atoms with Crippen molar-refractivity contribution in [1.29, 1.82) is 0 Å². The quantitative estimate of drug-likeness (QED) is 0.806. The molecule has 0 aromatic carbocycles. The summed E-state index contributed by atoms with van der Waals surface area (Å²) < 4.78 is 0. The minimum Gasteiger partial charge on any atom is -0.343 e. The number of hydrogen-bond donors (Lipinski definition) is 1. The summed E-state index contributed by atoms with van der Waals surface area (Å²) in [5.74, 6) is 1.84. The molecule has 2 fully saturated rings. The molecule has 4 nitrogen and oxygen atoms in total. The maximum Gasteiger partial charge on any atom is 0.222 e. The van der Waals surface area contributed by atoms with Gasteiger partial charge in [-0.1, -0.05) is 6.42 Å².